The fourth-order valence-electron chi connectivity index (χ4n) is 2.31. The molecule has 2 aromatic rings. The molecule has 2 aromatic carbocycles. The summed E-state index contributed by atoms with van der Waals surface area (Å²) in [7, 11) is -4.29. The monoisotopic (exact) mass is 443 g/mol. The van der Waals surface area contributed by atoms with Crippen LogP contribution in [0.2, 0.25) is 0 Å². The third kappa shape index (κ3) is 13.1. The second-order valence-corrected chi connectivity index (χ2v) is 7.34. The van der Waals surface area contributed by atoms with Crippen LogP contribution in [0.3, 0.4) is 0 Å². The number of rotatable bonds is 9. The summed E-state index contributed by atoms with van der Waals surface area (Å²) in [6.07, 6.45) is 1.66. The van der Waals surface area contributed by atoms with E-state index in [0.717, 1.165) is 36.3 Å². The van der Waals surface area contributed by atoms with Crippen LogP contribution < -0.4 is 10.1 Å². The van der Waals surface area contributed by atoms with Crippen LogP contribution in [-0.4, -0.2) is 131 Å². The number of amides is 1. The molecule has 0 aliphatic heterocycles. The Morgan fingerprint density at radius 2 is 1.63 bits per heavy atom. The Bertz CT molecular complexity index is 740. The van der Waals surface area contributed by atoms with E-state index in [1.54, 1.807) is 0 Å². The van der Waals surface area contributed by atoms with E-state index in [-0.39, 0.29) is 103 Å². The maximum absolute atomic E-state index is 11.3. The van der Waals surface area contributed by atoms with Gasteiger partial charge in [0.1, 0.15) is 17.7 Å². The summed E-state index contributed by atoms with van der Waals surface area (Å²) >= 11 is 0. The van der Waals surface area contributed by atoms with Crippen molar-refractivity contribution >= 4 is 116 Å². The van der Waals surface area contributed by atoms with E-state index < -0.39 is 19.7 Å². The van der Waals surface area contributed by atoms with E-state index in [1.807, 2.05) is 54.6 Å². The van der Waals surface area contributed by atoms with Gasteiger partial charge >= 0.3 is 110 Å². The average molecular weight is 444 g/mol. The maximum atomic E-state index is 11.3. The number of para-hydroxylation sites is 1. The number of hydrogen-bond donors (Lipinski definition) is 3. The van der Waals surface area contributed by atoms with E-state index in [4.69, 9.17) is 14.5 Å². The topological polar surface area (TPSA) is 95.9 Å². The first-order valence-electron chi connectivity index (χ1n) is 8.05. The molecule has 138 valence electrons. The van der Waals surface area contributed by atoms with Crippen molar-refractivity contribution in [2.75, 3.05) is 12.7 Å². The molecule has 1 amide bonds. The van der Waals surface area contributed by atoms with E-state index in [2.05, 4.69) is 5.32 Å². The summed E-state index contributed by atoms with van der Waals surface area (Å²) < 4.78 is 16.5. The van der Waals surface area contributed by atoms with Gasteiger partial charge in [-0.05, 0) is 49.1 Å². The van der Waals surface area contributed by atoms with Crippen molar-refractivity contribution in [2.24, 2.45) is 0 Å². The number of carbonyl (C=O) groups is 1. The van der Waals surface area contributed by atoms with Crippen molar-refractivity contribution < 1.29 is 23.9 Å². The summed E-state index contributed by atoms with van der Waals surface area (Å²) in [5.74, 6) is 0.942. The number of ether oxygens (including phenoxy) is 1. The number of benzene rings is 2. The predicted octanol–water partition coefficient (Wildman–Crippen LogP) is 1.80. The summed E-state index contributed by atoms with van der Waals surface area (Å²) in [4.78, 5) is 28.7. The fraction of sp³-hybridized carbons (Fsp3) is 0.278. The van der Waals surface area contributed by atoms with Crippen LogP contribution in [0, 0.1) is 0 Å². The SMILES string of the molecule is O=C(CP(=O)(O)O)NCCCCc1cccc(Oc2ccccc2)c1.[KH].[KH]. The molecule has 2 rings (SSSR count). The van der Waals surface area contributed by atoms with Crippen molar-refractivity contribution in [3.63, 3.8) is 0 Å². The second kappa shape index (κ2) is 15.0. The Morgan fingerprint density at radius 3 is 2.30 bits per heavy atom. The van der Waals surface area contributed by atoms with Crippen LogP contribution in [0.5, 0.6) is 11.5 Å². The molecule has 9 heteroatoms. The summed E-state index contributed by atoms with van der Waals surface area (Å²) in [5, 5.41) is 2.51. The molecule has 0 aliphatic rings. The predicted molar refractivity (Wildman–Crippen MR) is 110 cm³/mol. The molecule has 0 saturated carbocycles. The number of aryl methyl sites for hydroxylation is 1. The number of unbranched alkanes of at least 4 members (excludes halogenated alkanes) is 1. The number of hydrogen-bond acceptors (Lipinski definition) is 3. The molecular weight excluding hydrogens is 419 g/mol. The third-order valence-corrected chi connectivity index (χ3v) is 4.14. The van der Waals surface area contributed by atoms with Crippen LogP contribution >= 0.6 is 7.60 Å². The van der Waals surface area contributed by atoms with Gasteiger partial charge in [0, 0.05) is 6.54 Å². The van der Waals surface area contributed by atoms with Crippen LogP contribution in [0.15, 0.2) is 54.6 Å². The number of nitrogens with one attached hydrogen (secondary N) is 1. The standard InChI is InChI=1S/C18H22NO5P.2K.2H/c20-18(14-25(21,22)23)19-12-5-4-7-15-8-6-11-17(13-15)24-16-9-2-1-3-10-16;;;;/h1-3,6,8-11,13H,4-5,7,12,14H2,(H,19,20)(H2,21,22,23);;;;. The van der Waals surface area contributed by atoms with Crippen LogP contribution in [-0.2, 0) is 15.8 Å². The van der Waals surface area contributed by atoms with E-state index in [0.29, 0.717) is 6.54 Å². The summed E-state index contributed by atoms with van der Waals surface area (Å²) in [5.41, 5.74) is 1.13. The van der Waals surface area contributed by atoms with E-state index >= 15 is 0 Å². The van der Waals surface area contributed by atoms with Crippen molar-refractivity contribution in [1.82, 2.24) is 5.32 Å². The van der Waals surface area contributed by atoms with Crippen molar-refractivity contribution in [3.05, 3.63) is 60.2 Å². The first-order valence-corrected chi connectivity index (χ1v) is 9.85. The first-order chi connectivity index (χ1) is 11.9. The molecule has 0 unspecified atom stereocenters. The normalized spacial score (nSPS) is 10.3. The molecule has 0 aromatic heterocycles. The van der Waals surface area contributed by atoms with Crippen molar-refractivity contribution in [2.45, 2.75) is 19.3 Å². The minimum atomic E-state index is -4.29. The molecule has 0 heterocycles. The molecule has 0 fully saturated rings. The quantitative estimate of drug-likeness (QED) is 0.312. The molecule has 0 bridgehead atoms. The Labute approximate surface area is 244 Å². The van der Waals surface area contributed by atoms with E-state index in [1.165, 1.54) is 0 Å². The zero-order valence-electron chi connectivity index (χ0n) is 13.8. The van der Waals surface area contributed by atoms with Gasteiger partial charge < -0.3 is 19.8 Å². The first kappa shape index (κ1) is 28.1. The van der Waals surface area contributed by atoms with Gasteiger partial charge in [-0.15, -0.1) is 0 Å². The summed E-state index contributed by atoms with van der Waals surface area (Å²) in [6, 6.07) is 17.4. The van der Waals surface area contributed by atoms with E-state index in [9.17, 15) is 9.36 Å². The second-order valence-electron chi connectivity index (χ2n) is 5.69. The van der Waals surface area contributed by atoms with Crippen LogP contribution in [0.1, 0.15) is 18.4 Å². The zero-order chi connectivity index (χ0) is 18.1. The third-order valence-electron chi connectivity index (χ3n) is 3.44. The molecule has 6 nitrogen and oxygen atoms in total. The van der Waals surface area contributed by atoms with Crippen LogP contribution in [0.25, 0.3) is 0 Å². The van der Waals surface area contributed by atoms with Gasteiger partial charge in [0.15, 0.2) is 0 Å². The molecule has 0 aliphatic carbocycles. The Kier molecular flexibility index (Phi) is 15.6. The fourth-order valence-corrected chi connectivity index (χ4v) is 2.80. The Hall–Kier alpha value is 1.13. The minimum absolute atomic E-state index is 0. The average Bonchev–Trinajstić information content (AvgIpc) is 2.54. The van der Waals surface area contributed by atoms with Gasteiger partial charge in [0.05, 0.1) is 0 Å². The van der Waals surface area contributed by atoms with Gasteiger partial charge in [0.25, 0.3) is 0 Å². The Morgan fingerprint density at radius 1 is 0.963 bits per heavy atom. The van der Waals surface area contributed by atoms with Gasteiger partial charge in [-0.25, -0.2) is 0 Å². The zero-order valence-corrected chi connectivity index (χ0v) is 14.7. The van der Waals surface area contributed by atoms with Gasteiger partial charge in [-0.2, -0.15) is 0 Å². The van der Waals surface area contributed by atoms with Crippen molar-refractivity contribution in [1.29, 1.82) is 0 Å². The van der Waals surface area contributed by atoms with Gasteiger partial charge in [0.2, 0.25) is 5.91 Å². The molecule has 0 saturated heterocycles. The summed E-state index contributed by atoms with van der Waals surface area (Å²) in [6.45, 7) is 0.402. The number of carbonyl (C=O) groups excluding carboxylic acids is 1. The van der Waals surface area contributed by atoms with Gasteiger partial charge in [-0.3, -0.25) is 9.36 Å². The van der Waals surface area contributed by atoms with Crippen molar-refractivity contribution in [3.8, 4) is 11.5 Å². The molecule has 0 radical (unpaired) electrons. The van der Waals surface area contributed by atoms with Crippen LogP contribution in [0.4, 0.5) is 0 Å². The van der Waals surface area contributed by atoms with Gasteiger partial charge in [-0.1, -0.05) is 30.3 Å². The Balaban J connectivity index is 0.00000338. The molecular formula is C18H24K2NO5P. The molecule has 27 heavy (non-hydrogen) atoms. The molecule has 3 N–H and O–H groups in total. The molecule has 0 atom stereocenters. The molecule has 0 spiro atoms.